The van der Waals surface area contributed by atoms with E-state index >= 15 is 0 Å². The van der Waals surface area contributed by atoms with E-state index in [2.05, 4.69) is 0 Å². The summed E-state index contributed by atoms with van der Waals surface area (Å²) in [5.74, 6) is 0. The molecule has 1 aliphatic rings. The molecule has 1 amide bonds. The monoisotopic (exact) mass is 393 g/mol. The van der Waals surface area contributed by atoms with Crippen molar-refractivity contribution in [3.05, 3.63) is 54.6 Å². The zero-order valence-electron chi connectivity index (χ0n) is 13.4. The molecule has 0 spiro atoms. The zero-order valence-corrected chi connectivity index (χ0v) is 15.8. The van der Waals surface area contributed by atoms with Crippen LogP contribution in [0.5, 0.6) is 0 Å². The highest BCUT2D eigenvalue weighted by Gasteiger charge is 2.37. The Labute approximate surface area is 159 Å². The lowest BCUT2D eigenvalue weighted by atomic mass is 10.3. The van der Waals surface area contributed by atoms with Gasteiger partial charge in [-0.1, -0.05) is 65.5 Å². The molecule has 0 fully saturated rings. The minimum atomic E-state index is -0.736. The normalized spacial score (nSPS) is 17.0. The molecule has 0 N–H and O–H groups in total. The number of hydrogen-bond donors (Lipinski definition) is 0. The Bertz CT molecular complexity index is 770. The number of para-hydroxylation sites is 1. The molecule has 3 rings (SSSR count). The predicted octanol–water partition coefficient (Wildman–Crippen LogP) is 5.36. The third-order valence-electron chi connectivity index (χ3n) is 3.45. The van der Waals surface area contributed by atoms with E-state index < -0.39 is 11.7 Å². The van der Waals surface area contributed by atoms with Crippen LogP contribution < -0.4 is 4.90 Å². The summed E-state index contributed by atoms with van der Waals surface area (Å²) in [6.45, 7) is 1.58. The molecule has 130 valence electrons. The Morgan fingerprint density at radius 2 is 1.88 bits per heavy atom. The number of amides is 1. The maximum atomic E-state index is 12.5. The number of ether oxygens (including phenoxy) is 1. The molecule has 7 heteroatoms. The summed E-state index contributed by atoms with van der Waals surface area (Å²) in [5, 5.41) is -0.350. The smallest absolute Gasteiger partial charge is 0.416 e. The second kappa shape index (κ2) is 8.17. The van der Waals surface area contributed by atoms with Gasteiger partial charge in [-0.15, -0.1) is 0 Å². The maximum Gasteiger partial charge on any atom is 0.416 e. The first-order valence-electron chi connectivity index (χ1n) is 7.70. The van der Waals surface area contributed by atoms with Gasteiger partial charge in [-0.2, -0.15) is 0 Å². The summed E-state index contributed by atoms with van der Waals surface area (Å²) in [4.78, 5) is 28.3. The lowest BCUT2D eigenvalue weighted by Gasteiger charge is -2.24. The van der Waals surface area contributed by atoms with E-state index in [-0.39, 0.29) is 16.9 Å². The second-order valence-electron chi connectivity index (χ2n) is 5.33. The number of halogens is 1. The highest BCUT2D eigenvalue weighted by Crippen LogP contribution is 2.45. The van der Waals surface area contributed by atoms with Crippen molar-refractivity contribution in [2.45, 2.75) is 34.1 Å². The first-order chi connectivity index (χ1) is 12.0. The molecule has 4 nitrogen and oxygen atoms in total. The highest BCUT2D eigenvalue weighted by atomic mass is 35.5. The molecule has 25 heavy (non-hydrogen) atoms. The van der Waals surface area contributed by atoms with Crippen LogP contribution in [0, 0.1) is 0 Å². The highest BCUT2D eigenvalue weighted by molar-refractivity contribution is 8.13. The molecule has 1 heterocycles. The van der Waals surface area contributed by atoms with Gasteiger partial charge in [0.2, 0.25) is 0 Å². The van der Waals surface area contributed by atoms with Crippen LogP contribution in [-0.4, -0.2) is 22.1 Å². The van der Waals surface area contributed by atoms with Gasteiger partial charge >= 0.3 is 6.09 Å². The predicted molar refractivity (Wildman–Crippen MR) is 102 cm³/mol. The zero-order chi connectivity index (χ0) is 17.8. The summed E-state index contributed by atoms with van der Waals surface area (Å²) in [6, 6.07) is 17.0. The van der Waals surface area contributed by atoms with Gasteiger partial charge in [-0.05, 0) is 31.2 Å². The lowest BCUT2D eigenvalue weighted by molar-refractivity contribution is -0.110. The molecule has 0 radical (unpaired) electrons. The van der Waals surface area contributed by atoms with E-state index in [9.17, 15) is 9.59 Å². The molecule has 0 aromatic heterocycles. The van der Waals surface area contributed by atoms with Crippen LogP contribution in [-0.2, 0) is 9.53 Å². The van der Waals surface area contributed by atoms with Crippen molar-refractivity contribution in [1.82, 2.24) is 0 Å². The number of thioether (sulfide) groups is 2. The molecule has 1 aliphatic heterocycles. The van der Waals surface area contributed by atoms with Crippen LogP contribution in [0.2, 0.25) is 0 Å². The van der Waals surface area contributed by atoms with E-state index in [4.69, 9.17) is 16.3 Å². The standard InChI is InChI=1S/C18H16ClNO3S2/c1-12(19)23-18(22)20-14-9-5-6-10-15(14)25-16(20)11-17(21)24-13-7-3-2-4-8-13/h2-10,12,16H,11H2,1H3. The number of rotatable bonds is 4. The number of alkyl halides is 1. The molecule has 0 saturated carbocycles. The van der Waals surface area contributed by atoms with Gasteiger partial charge in [0.1, 0.15) is 0 Å². The number of benzene rings is 2. The van der Waals surface area contributed by atoms with Gasteiger partial charge in [0, 0.05) is 16.2 Å². The molecule has 2 atom stereocenters. The third-order valence-corrected chi connectivity index (χ3v) is 5.69. The average Bonchev–Trinajstić information content (AvgIpc) is 2.92. The van der Waals surface area contributed by atoms with Gasteiger partial charge in [-0.3, -0.25) is 9.69 Å². The first-order valence-corrected chi connectivity index (χ1v) is 9.83. The van der Waals surface area contributed by atoms with E-state index in [0.717, 1.165) is 15.5 Å². The molecule has 2 aromatic carbocycles. The van der Waals surface area contributed by atoms with Gasteiger partial charge < -0.3 is 4.74 Å². The second-order valence-corrected chi connectivity index (χ2v) is 8.29. The molecule has 2 unspecified atom stereocenters. The molecule has 2 aromatic rings. The van der Waals surface area contributed by atoms with Crippen molar-refractivity contribution < 1.29 is 14.3 Å². The van der Waals surface area contributed by atoms with Gasteiger partial charge in [-0.25, -0.2) is 4.79 Å². The average molecular weight is 394 g/mol. The van der Waals surface area contributed by atoms with Crippen molar-refractivity contribution in [3.8, 4) is 0 Å². The Kier molecular flexibility index (Phi) is 5.93. The Morgan fingerprint density at radius 1 is 1.20 bits per heavy atom. The molecular formula is C18H16ClNO3S2. The van der Waals surface area contributed by atoms with E-state index in [1.807, 2.05) is 54.6 Å². The fourth-order valence-electron chi connectivity index (χ4n) is 2.46. The number of anilines is 1. The van der Waals surface area contributed by atoms with E-state index in [1.165, 1.54) is 28.4 Å². The van der Waals surface area contributed by atoms with E-state index in [1.54, 1.807) is 6.92 Å². The van der Waals surface area contributed by atoms with Gasteiger partial charge in [0.15, 0.2) is 10.7 Å². The van der Waals surface area contributed by atoms with Crippen LogP contribution in [0.3, 0.4) is 0 Å². The fourth-order valence-corrected chi connectivity index (χ4v) is 4.72. The van der Waals surface area contributed by atoms with Crippen molar-refractivity contribution >= 4 is 52.0 Å². The Morgan fingerprint density at radius 3 is 2.60 bits per heavy atom. The summed E-state index contributed by atoms with van der Waals surface area (Å²) < 4.78 is 5.14. The fraction of sp³-hybridized carbons (Fsp3) is 0.222. The topological polar surface area (TPSA) is 46.6 Å². The molecule has 0 bridgehead atoms. The Hall–Kier alpha value is -1.63. The first kappa shape index (κ1) is 18.2. The maximum absolute atomic E-state index is 12.5. The SMILES string of the molecule is CC(Cl)OC(=O)N1c2ccccc2SC1CC(=O)Sc1ccccc1. The minimum Gasteiger partial charge on any atom is -0.430 e. The number of fused-ring (bicyclic) bond motifs is 1. The quantitative estimate of drug-likeness (QED) is 0.517. The summed E-state index contributed by atoms with van der Waals surface area (Å²) >= 11 is 8.46. The van der Waals surface area contributed by atoms with Crippen LogP contribution in [0.25, 0.3) is 0 Å². The van der Waals surface area contributed by atoms with Crippen LogP contribution in [0.15, 0.2) is 64.4 Å². The third kappa shape index (κ3) is 4.51. The van der Waals surface area contributed by atoms with Crippen molar-refractivity contribution in [2.75, 3.05) is 4.90 Å². The number of carbonyl (C=O) groups is 2. The van der Waals surface area contributed by atoms with Crippen molar-refractivity contribution in [2.24, 2.45) is 0 Å². The summed E-state index contributed by atoms with van der Waals surface area (Å²) in [5.41, 5.74) is 0.0117. The van der Waals surface area contributed by atoms with Crippen molar-refractivity contribution in [3.63, 3.8) is 0 Å². The molecule has 0 aliphatic carbocycles. The van der Waals surface area contributed by atoms with Gasteiger partial charge in [0.05, 0.1) is 11.1 Å². The summed E-state index contributed by atoms with van der Waals surface area (Å²) in [6.07, 6.45) is -0.326. The Balaban J connectivity index is 1.75. The molecule has 0 saturated heterocycles. The number of nitrogens with zero attached hydrogens (tertiary/aromatic N) is 1. The van der Waals surface area contributed by atoms with Crippen LogP contribution >= 0.6 is 35.1 Å². The largest absolute Gasteiger partial charge is 0.430 e. The lowest BCUT2D eigenvalue weighted by Crippen LogP contribution is -2.38. The van der Waals surface area contributed by atoms with Crippen LogP contribution in [0.1, 0.15) is 13.3 Å². The van der Waals surface area contributed by atoms with Crippen LogP contribution in [0.4, 0.5) is 10.5 Å². The number of carbonyl (C=O) groups excluding carboxylic acids is 2. The minimum absolute atomic E-state index is 0.00627. The molecular weight excluding hydrogens is 378 g/mol. The summed E-state index contributed by atoms with van der Waals surface area (Å²) in [7, 11) is 0. The van der Waals surface area contributed by atoms with E-state index in [0.29, 0.717) is 0 Å². The van der Waals surface area contributed by atoms with Crippen molar-refractivity contribution in [1.29, 1.82) is 0 Å². The number of hydrogen-bond acceptors (Lipinski definition) is 5. The van der Waals surface area contributed by atoms with Gasteiger partial charge in [0.25, 0.3) is 0 Å².